The van der Waals surface area contributed by atoms with Crippen molar-refractivity contribution in [3.8, 4) is 0 Å². The van der Waals surface area contributed by atoms with Crippen LogP contribution in [0.3, 0.4) is 0 Å². The van der Waals surface area contributed by atoms with Crippen molar-refractivity contribution in [2.24, 2.45) is 0 Å². The van der Waals surface area contributed by atoms with Gasteiger partial charge in [0.05, 0.1) is 17.4 Å². The van der Waals surface area contributed by atoms with Crippen molar-refractivity contribution in [3.05, 3.63) is 22.4 Å². The highest BCUT2D eigenvalue weighted by molar-refractivity contribution is 9.10. The van der Waals surface area contributed by atoms with Gasteiger partial charge in [-0.3, -0.25) is 4.79 Å². The molecule has 6 nitrogen and oxygen atoms in total. The van der Waals surface area contributed by atoms with Gasteiger partial charge in [-0.2, -0.15) is 0 Å². The quantitative estimate of drug-likeness (QED) is 0.652. The number of esters is 1. The molecule has 1 fully saturated rings. The fourth-order valence-corrected chi connectivity index (χ4v) is 3.14. The maximum atomic E-state index is 12.3. The maximum Gasteiger partial charge on any atom is 0.340 e. The molecule has 22 heavy (non-hydrogen) atoms. The molecule has 0 radical (unpaired) electrons. The van der Waals surface area contributed by atoms with E-state index in [1.54, 1.807) is 0 Å². The SMILES string of the molecule is C[C@@H]1CCC[C@@H](C)N1C(=O)COC(=O)c1cc(Br)ncc1N. The molecule has 1 aromatic heterocycles. The van der Waals surface area contributed by atoms with Crippen molar-refractivity contribution in [1.29, 1.82) is 0 Å². The predicted octanol–water partition coefficient (Wildman–Crippen LogP) is 2.37. The number of nitrogens with zero attached hydrogens (tertiary/aromatic N) is 2. The Balaban J connectivity index is 1.98. The van der Waals surface area contributed by atoms with Crippen LogP contribution in [0, 0.1) is 0 Å². The van der Waals surface area contributed by atoms with Crippen LogP contribution >= 0.6 is 15.9 Å². The van der Waals surface area contributed by atoms with Gasteiger partial charge in [0, 0.05) is 12.1 Å². The zero-order valence-corrected chi connectivity index (χ0v) is 14.3. The molecule has 120 valence electrons. The maximum absolute atomic E-state index is 12.3. The minimum atomic E-state index is -0.619. The molecule has 1 aromatic rings. The summed E-state index contributed by atoms with van der Waals surface area (Å²) in [5.74, 6) is -0.786. The lowest BCUT2D eigenvalue weighted by atomic mass is 9.97. The summed E-state index contributed by atoms with van der Waals surface area (Å²) >= 11 is 3.17. The van der Waals surface area contributed by atoms with E-state index in [0.29, 0.717) is 4.60 Å². The molecular formula is C15H20BrN3O3. The number of amides is 1. The molecule has 1 aliphatic rings. The number of hydrogen-bond donors (Lipinski definition) is 1. The third kappa shape index (κ3) is 3.76. The predicted molar refractivity (Wildman–Crippen MR) is 86.3 cm³/mol. The number of carbonyl (C=O) groups is 2. The highest BCUT2D eigenvalue weighted by Crippen LogP contribution is 2.23. The van der Waals surface area contributed by atoms with Crippen LogP contribution in [0.2, 0.25) is 0 Å². The standard InChI is InChI=1S/C15H20BrN3O3/c1-9-4-3-5-10(2)19(9)14(20)8-22-15(21)11-6-13(16)18-7-12(11)17/h6-7,9-10H,3-5,8,17H2,1-2H3/t9-,10-/m1/s1. The zero-order valence-electron chi connectivity index (χ0n) is 12.7. The van der Waals surface area contributed by atoms with Gasteiger partial charge in [-0.15, -0.1) is 0 Å². The molecule has 1 saturated heterocycles. The topological polar surface area (TPSA) is 85.5 Å². The van der Waals surface area contributed by atoms with Crippen molar-refractivity contribution in [3.63, 3.8) is 0 Å². The lowest BCUT2D eigenvalue weighted by Gasteiger charge is -2.38. The first-order chi connectivity index (χ1) is 10.4. The summed E-state index contributed by atoms with van der Waals surface area (Å²) in [4.78, 5) is 30.1. The van der Waals surface area contributed by atoms with Gasteiger partial charge in [-0.1, -0.05) is 0 Å². The Bertz CT molecular complexity index is 569. The second-order valence-electron chi connectivity index (χ2n) is 5.60. The number of pyridine rings is 1. The Morgan fingerprint density at radius 1 is 1.41 bits per heavy atom. The summed E-state index contributed by atoms with van der Waals surface area (Å²) < 4.78 is 5.60. The monoisotopic (exact) mass is 369 g/mol. The fourth-order valence-electron chi connectivity index (χ4n) is 2.81. The molecule has 1 aliphatic heterocycles. The van der Waals surface area contributed by atoms with Crippen LogP contribution in [0.15, 0.2) is 16.9 Å². The molecule has 2 rings (SSSR count). The fraction of sp³-hybridized carbons (Fsp3) is 0.533. The van der Waals surface area contributed by atoms with E-state index in [9.17, 15) is 9.59 Å². The third-order valence-electron chi connectivity index (χ3n) is 3.93. The first-order valence-electron chi connectivity index (χ1n) is 7.29. The molecule has 0 unspecified atom stereocenters. The summed E-state index contributed by atoms with van der Waals surface area (Å²) in [7, 11) is 0. The number of rotatable bonds is 3. The number of piperidine rings is 1. The van der Waals surface area contributed by atoms with Gasteiger partial charge < -0.3 is 15.4 Å². The van der Waals surface area contributed by atoms with E-state index in [2.05, 4.69) is 20.9 Å². The van der Waals surface area contributed by atoms with Crippen LogP contribution in [0.25, 0.3) is 0 Å². The second kappa shape index (κ2) is 7.09. The number of aromatic nitrogens is 1. The van der Waals surface area contributed by atoms with Gasteiger partial charge in [0.15, 0.2) is 6.61 Å². The average Bonchev–Trinajstić information content (AvgIpc) is 2.47. The number of ether oxygens (including phenoxy) is 1. The minimum absolute atomic E-state index is 0.167. The molecular weight excluding hydrogens is 350 g/mol. The minimum Gasteiger partial charge on any atom is -0.452 e. The number of nitrogens with two attached hydrogens (primary N) is 1. The Hall–Kier alpha value is -1.63. The number of carbonyl (C=O) groups excluding carboxylic acids is 2. The van der Waals surface area contributed by atoms with Gasteiger partial charge in [0.25, 0.3) is 5.91 Å². The lowest BCUT2D eigenvalue weighted by molar-refractivity contribution is -0.140. The largest absolute Gasteiger partial charge is 0.452 e. The van der Waals surface area contributed by atoms with Gasteiger partial charge in [0.2, 0.25) is 0 Å². The molecule has 0 spiro atoms. The van der Waals surface area contributed by atoms with Gasteiger partial charge in [0.1, 0.15) is 4.60 Å². The molecule has 1 amide bonds. The lowest BCUT2D eigenvalue weighted by Crippen LogP contribution is -2.49. The van der Waals surface area contributed by atoms with Crippen LogP contribution in [0.5, 0.6) is 0 Å². The van der Waals surface area contributed by atoms with Crippen molar-refractivity contribution in [2.45, 2.75) is 45.2 Å². The number of hydrogen-bond acceptors (Lipinski definition) is 5. The Morgan fingerprint density at radius 3 is 2.68 bits per heavy atom. The number of anilines is 1. The molecule has 0 aliphatic carbocycles. The van der Waals surface area contributed by atoms with E-state index in [1.165, 1.54) is 12.3 Å². The van der Waals surface area contributed by atoms with E-state index >= 15 is 0 Å². The molecule has 0 saturated carbocycles. The van der Waals surface area contributed by atoms with Crippen molar-refractivity contribution >= 4 is 33.5 Å². The molecule has 2 heterocycles. The smallest absolute Gasteiger partial charge is 0.340 e. The number of likely N-dealkylation sites (tertiary alicyclic amines) is 1. The summed E-state index contributed by atoms with van der Waals surface area (Å²) in [6, 6.07) is 1.83. The highest BCUT2D eigenvalue weighted by Gasteiger charge is 2.29. The Labute approximate surface area is 138 Å². The van der Waals surface area contributed by atoms with E-state index in [4.69, 9.17) is 10.5 Å². The van der Waals surface area contributed by atoms with Crippen LogP contribution < -0.4 is 5.73 Å². The highest BCUT2D eigenvalue weighted by atomic mass is 79.9. The van der Waals surface area contributed by atoms with Crippen LogP contribution in [0.1, 0.15) is 43.5 Å². The Morgan fingerprint density at radius 2 is 2.05 bits per heavy atom. The first-order valence-corrected chi connectivity index (χ1v) is 8.08. The molecule has 0 bridgehead atoms. The molecule has 7 heteroatoms. The van der Waals surface area contributed by atoms with Crippen molar-refractivity contribution in [1.82, 2.24) is 9.88 Å². The molecule has 2 N–H and O–H groups in total. The van der Waals surface area contributed by atoms with Crippen molar-refractivity contribution < 1.29 is 14.3 Å². The van der Waals surface area contributed by atoms with E-state index < -0.39 is 5.97 Å². The summed E-state index contributed by atoms with van der Waals surface area (Å²) in [5.41, 5.74) is 6.13. The molecule has 0 aromatic carbocycles. The van der Waals surface area contributed by atoms with Crippen LogP contribution in [-0.2, 0) is 9.53 Å². The van der Waals surface area contributed by atoms with Gasteiger partial charge in [-0.05, 0) is 55.1 Å². The first kappa shape index (κ1) is 16.7. The summed E-state index contributed by atoms with van der Waals surface area (Å²) in [6.45, 7) is 3.77. The van der Waals surface area contributed by atoms with E-state index in [1.807, 2.05) is 18.7 Å². The second-order valence-corrected chi connectivity index (χ2v) is 6.41. The Kier molecular flexibility index (Phi) is 5.39. The summed E-state index contributed by atoms with van der Waals surface area (Å²) in [5, 5.41) is 0. The number of nitrogen functional groups attached to an aromatic ring is 1. The molecule has 2 atom stereocenters. The van der Waals surface area contributed by atoms with E-state index in [-0.39, 0.29) is 35.8 Å². The van der Waals surface area contributed by atoms with Crippen molar-refractivity contribution in [2.75, 3.05) is 12.3 Å². The van der Waals surface area contributed by atoms with Crippen LogP contribution in [-0.4, -0.2) is 40.5 Å². The van der Waals surface area contributed by atoms with Gasteiger partial charge >= 0.3 is 5.97 Å². The number of halogens is 1. The van der Waals surface area contributed by atoms with Crippen LogP contribution in [0.4, 0.5) is 5.69 Å². The van der Waals surface area contributed by atoms with Gasteiger partial charge in [-0.25, -0.2) is 9.78 Å². The summed E-state index contributed by atoms with van der Waals surface area (Å²) in [6.07, 6.45) is 4.45. The average molecular weight is 370 g/mol. The van der Waals surface area contributed by atoms with E-state index in [0.717, 1.165) is 19.3 Å². The normalized spacial score (nSPS) is 21.5. The third-order valence-corrected chi connectivity index (χ3v) is 4.36. The zero-order chi connectivity index (χ0) is 16.3.